The lowest BCUT2D eigenvalue weighted by Crippen LogP contribution is -2.56. The molecule has 2 aliphatic rings. The maximum absolute atomic E-state index is 13.5. The largest absolute Gasteiger partial charge is 0.493 e. The number of carbonyl (C=O) groups excluding carboxylic acids is 1. The highest BCUT2D eigenvalue weighted by Gasteiger charge is 2.47. The van der Waals surface area contributed by atoms with E-state index in [1.54, 1.807) is 36.3 Å². The number of nitrogens with zero attached hydrogens (tertiary/aromatic N) is 3. The van der Waals surface area contributed by atoms with Crippen molar-refractivity contribution in [3.63, 3.8) is 0 Å². The van der Waals surface area contributed by atoms with E-state index in [4.69, 9.17) is 9.47 Å². The number of halogens is 3. The molecule has 4 rings (SSSR count). The Kier molecular flexibility index (Phi) is 6.59. The normalized spacial score (nSPS) is 19.1. The van der Waals surface area contributed by atoms with Crippen molar-refractivity contribution < 1.29 is 27.4 Å². The number of rotatable bonds is 5. The van der Waals surface area contributed by atoms with E-state index in [-0.39, 0.29) is 12.0 Å². The summed E-state index contributed by atoms with van der Waals surface area (Å²) >= 11 is 0. The Bertz CT molecular complexity index is 1040. The third-order valence-corrected chi connectivity index (χ3v) is 7.33. The molecule has 1 saturated heterocycles. The summed E-state index contributed by atoms with van der Waals surface area (Å²) in [5.74, 6) is 0.980. The molecule has 0 N–H and O–H groups in total. The molecule has 0 unspecified atom stereocenters. The summed E-state index contributed by atoms with van der Waals surface area (Å²) in [6, 6.07) is 7.97. The quantitative estimate of drug-likeness (QED) is 0.620. The van der Waals surface area contributed by atoms with Crippen molar-refractivity contribution in [2.45, 2.75) is 57.5 Å². The number of carbonyl (C=O) groups is 1. The van der Waals surface area contributed by atoms with E-state index in [1.807, 2.05) is 20.9 Å². The van der Waals surface area contributed by atoms with Crippen molar-refractivity contribution in [3.8, 4) is 11.5 Å². The summed E-state index contributed by atoms with van der Waals surface area (Å²) in [6.45, 7) is 5.77. The van der Waals surface area contributed by atoms with E-state index in [1.165, 1.54) is 10.6 Å². The third-order valence-electron chi connectivity index (χ3n) is 7.33. The Labute approximate surface area is 198 Å². The predicted molar refractivity (Wildman–Crippen MR) is 122 cm³/mol. The average molecular weight is 480 g/mol. The number of likely N-dealkylation sites (tertiary alicyclic amines) is 1. The second kappa shape index (κ2) is 9.17. The standard InChI is InChI=1S/C25H32F3N3O3/c1-5-17(2)34-19-7-6-18(16-20(19)33-4)23(32)30-12-10-24(11-13-30)21-8-9-22(25(26,27)28)31(21)15-14-29(24)3/h6-9,16-17H,5,10-15H2,1-4H3/t17-/m0/s1. The molecule has 0 aliphatic carbocycles. The maximum Gasteiger partial charge on any atom is 0.431 e. The lowest BCUT2D eigenvalue weighted by molar-refractivity contribution is -0.144. The topological polar surface area (TPSA) is 46.9 Å². The van der Waals surface area contributed by atoms with Gasteiger partial charge in [0.05, 0.1) is 18.8 Å². The lowest BCUT2D eigenvalue weighted by atomic mass is 9.81. The number of alkyl halides is 3. The van der Waals surface area contributed by atoms with E-state index in [0.29, 0.717) is 61.8 Å². The van der Waals surface area contributed by atoms with Gasteiger partial charge >= 0.3 is 6.18 Å². The molecule has 9 heteroatoms. The fourth-order valence-corrected chi connectivity index (χ4v) is 5.12. The molecule has 3 heterocycles. The molecule has 6 nitrogen and oxygen atoms in total. The summed E-state index contributed by atoms with van der Waals surface area (Å²) in [5, 5.41) is 0. The van der Waals surface area contributed by atoms with Crippen LogP contribution < -0.4 is 9.47 Å². The highest BCUT2D eigenvalue weighted by Crippen LogP contribution is 2.44. The van der Waals surface area contributed by atoms with Crippen LogP contribution in [-0.2, 0) is 18.3 Å². The summed E-state index contributed by atoms with van der Waals surface area (Å²) < 4.78 is 53.2. The fraction of sp³-hybridized carbons (Fsp3) is 0.560. The van der Waals surface area contributed by atoms with E-state index in [9.17, 15) is 18.0 Å². The summed E-state index contributed by atoms with van der Waals surface area (Å²) in [4.78, 5) is 17.2. The summed E-state index contributed by atoms with van der Waals surface area (Å²) in [7, 11) is 3.50. The molecule has 1 amide bonds. The van der Waals surface area contributed by atoms with Gasteiger partial charge in [0.2, 0.25) is 0 Å². The van der Waals surface area contributed by atoms with Gasteiger partial charge in [0.25, 0.3) is 5.91 Å². The van der Waals surface area contributed by atoms with Crippen LogP contribution in [0.5, 0.6) is 11.5 Å². The molecule has 1 aromatic heterocycles. The van der Waals surface area contributed by atoms with Crippen LogP contribution in [0.25, 0.3) is 0 Å². The highest BCUT2D eigenvalue weighted by molar-refractivity contribution is 5.95. The molecule has 0 saturated carbocycles. The molecule has 2 aromatic rings. The third kappa shape index (κ3) is 4.26. The zero-order valence-electron chi connectivity index (χ0n) is 20.1. The van der Waals surface area contributed by atoms with Crippen molar-refractivity contribution in [3.05, 3.63) is 47.3 Å². The number of benzene rings is 1. The van der Waals surface area contributed by atoms with E-state index < -0.39 is 17.4 Å². The first-order chi connectivity index (χ1) is 16.1. The molecule has 0 bridgehead atoms. The van der Waals surface area contributed by atoms with Gasteiger partial charge in [-0.2, -0.15) is 13.2 Å². The zero-order valence-corrected chi connectivity index (χ0v) is 20.1. The Morgan fingerprint density at radius 1 is 1.09 bits per heavy atom. The van der Waals surface area contributed by atoms with Gasteiger partial charge < -0.3 is 18.9 Å². The smallest absolute Gasteiger partial charge is 0.431 e. The number of fused-ring (bicyclic) bond motifs is 2. The Morgan fingerprint density at radius 3 is 2.41 bits per heavy atom. The maximum atomic E-state index is 13.5. The zero-order chi connectivity index (χ0) is 24.7. The van der Waals surface area contributed by atoms with Crippen LogP contribution in [0.2, 0.25) is 0 Å². The summed E-state index contributed by atoms with van der Waals surface area (Å²) in [5.41, 5.74) is 0.0858. The van der Waals surface area contributed by atoms with Gasteiger partial charge in [0.1, 0.15) is 5.69 Å². The molecule has 2 aliphatic heterocycles. The second-order valence-corrected chi connectivity index (χ2v) is 9.20. The van der Waals surface area contributed by atoms with Crippen LogP contribution in [-0.4, -0.2) is 60.2 Å². The van der Waals surface area contributed by atoms with Crippen LogP contribution >= 0.6 is 0 Å². The van der Waals surface area contributed by atoms with Gasteiger partial charge in [-0.15, -0.1) is 0 Å². The fourth-order valence-electron chi connectivity index (χ4n) is 5.12. The van der Waals surface area contributed by atoms with Gasteiger partial charge in [-0.05, 0) is 63.6 Å². The second-order valence-electron chi connectivity index (χ2n) is 9.20. The minimum atomic E-state index is -4.38. The number of ether oxygens (including phenoxy) is 2. The Balaban J connectivity index is 1.52. The molecule has 186 valence electrons. The van der Waals surface area contributed by atoms with Gasteiger partial charge in [-0.1, -0.05) is 6.92 Å². The first-order valence-electron chi connectivity index (χ1n) is 11.7. The van der Waals surface area contributed by atoms with Crippen LogP contribution in [0.15, 0.2) is 30.3 Å². The number of methoxy groups -OCH3 is 1. The molecule has 1 spiro atoms. The van der Waals surface area contributed by atoms with Crippen molar-refractivity contribution in [2.24, 2.45) is 0 Å². The SMILES string of the molecule is CC[C@H](C)Oc1ccc(C(=O)N2CCC3(CC2)c2ccc(C(F)(F)F)n2CCN3C)cc1OC. The number of amides is 1. The molecular weight excluding hydrogens is 447 g/mol. The summed E-state index contributed by atoms with van der Waals surface area (Å²) in [6.07, 6.45) is -2.36. The van der Waals surface area contributed by atoms with E-state index >= 15 is 0 Å². The minimum absolute atomic E-state index is 0.0260. The van der Waals surface area contributed by atoms with Crippen LogP contribution in [0.1, 0.15) is 54.9 Å². The first kappa shape index (κ1) is 24.4. The number of hydrogen-bond donors (Lipinski definition) is 0. The van der Waals surface area contributed by atoms with Gasteiger partial charge in [-0.25, -0.2) is 0 Å². The van der Waals surface area contributed by atoms with Crippen LogP contribution in [0.3, 0.4) is 0 Å². The molecule has 1 atom stereocenters. The van der Waals surface area contributed by atoms with Crippen LogP contribution in [0, 0.1) is 0 Å². The van der Waals surface area contributed by atoms with Gasteiger partial charge in [0.15, 0.2) is 11.5 Å². The van der Waals surface area contributed by atoms with E-state index in [2.05, 4.69) is 4.90 Å². The molecular formula is C25H32F3N3O3. The minimum Gasteiger partial charge on any atom is -0.493 e. The van der Waals surface area contributed by atoms with Crippen molar-refractivity contribution in [1.29, 1.82) is 0 Å². The van der Waals surface area contributed by atoms with Gasteiger partial charge in [-0.3, -0.25) is 9.69 Å². The van der Waals surface area contributed by atoms with Gasteiger partial charge in [0, 0.05) is 37.4 Å². The highest BCUT2D eigenvalue weighted by atomic mass is 19.4. The number of aromatic nitrogens is 1. The Morgan fingerprint density at radius 2 is 1.79 bits per heavy atom. The Hall–Kier alpha value is -2.68. The molecule has 34 heavy (non-hydrogen) atoms. The number of likely N-dealkylation sites (N-methyl/N-ethyl adjacent to an activating group) is 1. The van der Waals surface area contributed by atoms with Crippen molar-refractivity contribution in [1.82, 2.24) is 14.4 Å². The number of hydrogen-bond acceptors (Lipinski definition) is 4. The predicted octanol–water partition coefficient (Wildman–Crippen LogP) is 4.77. The molecule has 1 fully saturated rings. The molecule has 0 radical (unpaired) electrons. The lowest BCUT2D eigenvalue weighted by Gasteiger charge is -2.50. The van der Waals surface area contributed by atoms with Crippen molar-refractivity contribution in [2.75, 3.05) is 33.8 Å². The van der Waals surface area contributed by atoms with Crippen LogP contribution in [0.4, 0.5) is 13.2 Å². The number of piperidine rings is 1. The van der Waals surface area contributed by atoms with Crippen molar-refractivity contribution >= 4 is 5.91 Å². The first-order valence-corrected chi connectivity index (χ1v) is 11.7. The molecule has 1 aromatic carbocycles. The average Bonchev–Trinajstić information content (AvgIpc) is 3.27. The van der Waals surface area contributed by atoms with E-state index in [0.717, 1.165) is 6.42 Å². The monoisotopic (exact) mass is 479 g/mol.